The third-order valence-corrected chi connectivity index (χ3v) is 1.17. The molecular weight excluding hydrogens is 146 g/mol. The van der Waals surface area contributed by atoms with Gasteiger partial charge in [-0.15, -0.1) is 0 Å². The zero-order valence-corrected chi connectivity index (χ0v) is 5.65. The van der Waals surface area contributed by atoms with Crippen LogP contribution in [0.15, 0.2) is 18.2 Å². The first kappa shape index (κ1) is 7.53. The minimum atomic E-state index is -0.575. The molecule has 0 aliphatic rings. The molecule has 4 nitrogen and oxygen atoms in total. The Bertz CT molecular complexity index is 275. The molecule has 0 saturated carbocycles. The van der Waals surface area contributed by atoms with Gasteiger partial charge in [-0.1, -0.05) is 0 Å². The maximum Gasteiger partial charge on any atom is 0.273 e. The fourth-order valence-electron chi connectivity index (χ4n) is 0.762. The van der Waals surface area contributed by atoms with E-state index in [9.17, 15) is 10.1 Å². The summed E-state index contributed by atoms with van der Waals surface area (Å²) < 4.78 is 0. The fraction of sp³-hybridized carbons (Fsp3) is 0. The van der Waals surface area contributed by atoms with Crippen LogP contribution < -0.4 is 0 Å². The van der Waals surface area contributed by atoms with Gasteiger partial charge < -0.3 is 5.11 Å². The number of hydrogen-bond acceptors (Lipinski definition) is 3. The second-order valence-electron chi connectivity index (χ2n) is 2.11. The Morgan fingerprint density at radius 2 is 2.09 bits per heavy atom. The van der Waals surface area contributed by atoms with Gasteiger partial charge in [-0.25, -0.2) is 0 Å². The van der Waals surface area contributed by atoms with E-state index in [0.717, 1.165) is 6.07 Å². The molecule has 0 unspecified atom stereocenters. The summed E-state index contributed by atoms with van der Waals surface area (Å²) in [5.74, 6) is -0.135. The van der Waals surface area contributed by atoms with Crippen molar-refractivity contribution in [1.29, 1.82) is 0 Å². The average molecular weight is 152 g/mol. The predicted molar refractivity (Wildman–Crippen MR) is 39.2 cm³/mol. The largest absolute Gasteiger partial charge is 0.508 e. The molecule has 0 aromatic heterocycles. The Labute approximate surface area is 63.2 Å². The molecule has 11 heavy (non-hydrogen) atoms. The minimum Gasteiger partial charge on any atom is -0.508 e. The van der Waals surface area contributed by atoms with Gasteiger partial charge in [0.2, 0.25) is 0 Å². The average Bonchev–Trinajstić information content (AvgIpc) is 1.85. The molecule has 0 saturated heterocycles. The van der Waals surface area contributed by atoms with E-state index in [0.29, 0.717) is 5.56 Å². The normalized spacial score (nSPS) is 9.55. The molecule has 0 fully saturated rings. The SMILES string of the molecule is [CH2]c1cc(O)cc([N+](=O)[O-])c1. The van der Waals surface area contributed by atoms with Crippen LogP contribution in [-0.2, 0) is 0 Å². The van der Waals surface area contributed by atoms with Crippen LogP contribution in [0.2, 0.25) is 0 Å². The molecule has 0 aliphatic carbocycles. The van der Waals surface area contributed by atoms with E-state index >= 15 is 0 Å². The first-order chi connectivity index (χ1) is 5.09. The highest BCUT2D eigenvalue weighted by Gasteiger charge is 2.06. The first-order valence-corrected chi connectivity index (χ1v) is 2.90. The van der Waals surface area contributed by atoms with Crippen molar-refractivity contribution in [3.05, 3.63) is 40.8 Å². The molecule has 0 aliphatic heterocycles. The number of aromatic hydroxyl groups is 1. The quantitative estimate of drug-likeness (QED) is 0.489. The highest BCUT2D eigenvalue weighted by Crippen LogP contribution is 2.20. The molecule has 1 radical (unpaired) electrons. The molecule has 1 aromatic rings. The molecular formula is C7H6NO3. The van der Waals surface area contributed by atoms with Gasteiger partial charge in [0.05, 0.1) is 11.0 Å². The summed E-state index contributed by atoms with van der Waals surface area (Å²) in [6, 6.07) is 3.72. The van der Waals surface area contributed by atoms with Crippen LogP contribution in [0.4, 0.5) is 5.69 Å². The fourth-order valence-corrected chi connectivity index (χ4v) is 0.762. The third kappa shape index (κ3) is 1.67. The number of nitro benzene ring substituents is 1. The van der Waals surface area contributed by atoms with Gasteiger partial charge in [-0.2, -0.15) is 0 Å². The van der Waals surface area contributed by atoms with E-state index in [1.165, 1.54) is 12.1 Å². The lowest BCUT2D eigenvalue weighted by atomic mass is 10.2. The van der Waals surface area contributed by atoms with Crippen LogP contribution >= 0.6 is 0 Å². The van der Waals surface area contributed by atoms with Crippen LogP contribution in [-0.4, -0.2) is 10.0 Å². The summed E-state index contributed by atoms with van der Waals surface area (Å²) in [5.41, 5.74) is 0.284. The Balaban J connectivity index is 3.19. The summed E-state index contributed by atoms with van der Waals surface area (Å²) in [4.78, 5) is 9.60. The summed E-state index contributed by atoms with van der Waals surface area (Å²) in [6.07, 6.45) is 0. The summed E-state index contributed by atoms with van der Waals surface area (Å²) in [7, 11) is 0. The molecule has 57 valence electrons. The highest BCUT2D eigenvalue weighted by molar-refractivity contribution is 5.42. The van der Waals surface area contributed by atoms with Crippen molar-refractivity contribution in [2.75, 3.05) is 0 Å². The molecule has 0 spiro atoms. The number of phenolic OH excluding ortho intramolecular Hbond substituents is 1. The zero-order valence-electron chi connectivity index (χ0n) is 5.65. The van der Waals surface area contributed by atoms with Gasteiger partial charge in [0.15, 0.2) is 0 Å². The molecule has 1 N–H and O–H groups in total. The monoisotopic (exact) mass is 152 g/mol. The lowest BCUT2D eigenvalue weighted by Gasteiger charge is -1.94. The van der Waals surface area contributed by atoms with Gasteiger partial charge in [0.25, 0.3) is 5.69 Å². The third-order valence-electron chi connectivity index (χ3n) is 1.17. The number of non-ortho nitro benzene ring substituents is 1. The topological polar surface area (TPSA) is 63.4 Å². The van der Waals surface area contributed by atoms with E-state index in [4.69, 9.17) is 5.11 Å². The van der Waals surface area contributed by atoms with Crippen LogP contribution in [0.3, 0.4) is 0 Å². The molecule has 4 heteroatoms. The van der Waals surface area contributed by atoms with E-state index in [1.54, 1.807) is 0 Å². The Hall–Kier alpha value is -1.58. The van der Waals surface area contributed by atoms with Gasteiger partial charge in [0, 0.05) is 6.07 Å². The summed E-state index contributed by atoms with van der Waals surface area (Å²) in [6.45, 7) is 3.46. The van der Waals surface area contributed by atoms with Gasteiger partial charge in [-0.3, -0.25) is 10.1 Å². The summed E-state index contributed by atoms with van der Waals surface area (Å²) >= 11 is 0. The Morgan fingerprint density at radius 3 is 2.55 bits per heavy atom. The second kappa shape index (κ2) is 2.57. The van der Waals surface area contributed by atoms with Crippen molar-refractivity contribution in [2.45, 2.75) is 0 Å². The van der Waals surface area contributed by atoms with Crippen LogP contribution in [0.5, 0.6) is 5.75 Å². The Morgan fingerprint density at radius 1 is 1.45 bits per heavy atom. The molecule has 1 aromatic carbocycles. The smallest absolute Gasteiger partial charge is 0.273 e. The van der Waals surface area contributed by atoms with Crippen molar-refractivity contribution < 1.29 is 10.0 Å². The van der Waals surface area contributed by atoms with Crippen LogP contribution in [0.1, 0.15) is 5.56 Å². The molecule has 0 heterocycles. The standard InChI is InChI=1S/C7H6NO3/c1-5-2-6(8(10)11)4-7(9)3-5/h2-4,9H,1H2. The lowest BCUT2D eigenvalue weighted by molar-refractivity contribution is -0.385. The first-order valence-electron chi connectivity index (χ1n) is 2.90. The van der Waals surface area contributed by atoms with Crippen LogP contribution in [0, 0.1) is 17.0 Å². The number of nitrogens with zero attached hydrogens (tertiary/aromatic N) is 1. The summed E-state index contributed by atoms with van der Waals surface area (Å²) in [5, 5.41) is 19.1. The predicted octanol–water partition coefficient (Wildman–Crippen LogP) is 1.48. The second-order valence-corrected chi connectivity index (χ2v) is 2.11. The molecule has 1 rings (SSSR count). The number of phenols is 1. The zero-order chi connectivity index (χ0) is 8.43. The number of hydrogen-bond donors (Lipinski definition) is 1. The van der Waals surface area contributed by atoms with Crippen molar-refractivity contribution in [2.24, 2.45) is 0 Å². The highest BCUT2D eigenvalue weighted by atomic mass is 16.6. The van der Waals surface area contributed by atoms with Crippen molar-refractivity contribution in [3.8, 4) is 5.75 Å². The number of nitro groups is 1. The molecule has 0 amide bonds. The van der Waals surface area contributed by atoms with E-state index in [-0.39, 0.29) is 11.4 Å². The van der Waals surface area contributed by atoms with E-state index in [1.807, 2.05) is 0 Å². The maximum absolute atomic E-state index is 10.2. The maximum atomic E-state index is 10.2. The van der Waals surface area contributed by atoms with Gasteiger partial charge in [0.1, 0.15) is 5.75 Å². The van der Waals surface area contributed by atoms with Gasteiger partial charge >= 0.3 is 0 Å². The molecule has 0 bridgehead atoms. The van der Waals surface area contributed by atoms with E-state index < -0.39 is 4.92 Å². The molecule has 0 atom stereocenters. The Kier molecular flexibility index (Phi) is 1.76. The van der Waals surface area contributed by atoms with E-state index in [2.05, 4.69) is 6.92 Å². The number of benzene rings is 1. The van der Waals surface area contributed by atoms with Crippen LogP contribution in [0.25, 0.3) is 0 Å². The minimum absolute atomic E-state index is 0.135. The van der Waals surface area contributed by atoms with Crippen molar-refractivity contribution in [3.63, 3.8) is 0 Å². The number of rotatable bonds is 1. The van der Waals surface area contributed by atoms with Gasteiger partial charge in [-0.05, 0) is 18.6 Å². The van der Waals surface area contributed by atoms with Crippen molar-refractivity contribution in [1.82, 2.24) is 0 Å². The lowest BCUT2D eigenvalue weighted by Crippen LogP contribution is -1.87. The van der Waals surface area contributed by atoms with Crippen molar-refractivity contribution >= 4 is 5.69 Å².